The van der Waals surface area contributed by atoms with E-state index in [0.717, 1.165) is 21.9 Å². The van der Waals surface area contributed by atoms with Gasteiger partial charge in [0.15, 0.2) is 0 Å². The smallest absolute Gasteiger partial charge is 0.136 e. The summed E-state index contributed by atoms with van der Waals surface area (Å²) in [6.07, 6.45) is 1.78. The van der Waals surface area contributed by atoms with E-state index in [0.29, 0.717) is 11.7 Å². The maximum Gasteiger partial charge on any atom is 0.136 e. The summed E-state index contributed by atoms with van der Waals surface area (Å²) in [4.78, 5) is 4.10. The van der Waals surface area contributed by atoms with E-state index in [1.54, 1.807) is 6.20 Å². The maximum atomic E-state index is 5.98. The predicted molar refractivity (Wildman–Crippen MR) is 59.4 cm³/mol. The molecule has 2 N–H and O–H groups in total. The minimum atomic E-state index is 0.550. The molecule has 0 saturated carbocycles. The van der Waals surface area contributed by atoms with Crippen molar-refractivity contribution in [1.29, 1.82) is 0 Å². The van der Waals surface area contributed by atoms with Gasteiger partial charge in [-0.1, -0.05) is 23.7 Å². The summed E-state index contributed by atoms with van der Waals surface area (Å²) >= 11 is 5.98. The van der Waals surface area contributed by atoms with Gasteiger partial charge in [0.1, 0.15) is 5.15 Å². The second kappa shape index (κ2) is 3.56. The first-order chi connectivity index (χ1) is 6.72. The van der Waals surface area contributed by atoms with Crippen molar-refractivity contribution in [3.05, 3.63) is 40.7 Å². The Labute approximate surface area is 87.7 Å². The van der Waals surface area contributed by atoms with Crippen LogP contribution in [0.15, 0.2) is 24.4 Å². The Hall–Kier alpha value is -1.12. The summed E-state index contributed by atoms with van der Waals surface area (Å²) < 4.78 is 0. The molecular formula is C11H11ClN2. The highest BCUT2D eigenvalue weighted by molar-refractivity contribution is 6.34. The van der Waals surface area contributed by atoms with Gasteiger partial charge in [0.25, 0.3) is 0 Å². The van der Waals surface area contributed by atoms with E-state index in [4.69, 9.17) is 17.3 Å². The molecule has 3 heteroatoms. The van der Waals surface area contributed by atoms with Gasteiger partial charge in [0.2, 0.25) is 0 Å². The Bertz CT molecular complexity index is 480. The lowest BCUT2D eigenvalue weighted by molar-refractivity contribution is 1.07. The first-order valence-electron chi connectivity index (χ1n) is 4.46. The maximum absolute atomic E-state index is 5.98. The Morgan fingerprint density at radius 3 is 2.86 bits per heavy atom. The molecule has 2 aromatic rings. The molecule has 0 aliphatic carbocycles. The summed E-state index contributed by atoms with van der Waals surface area (Å²) in [6, 6.07) is 6.02. The third kappa shape index (κ3) is 1.47. The molecular weight excluding hydrogens is 196 g/mol. The number of aromatic nitrogens is 1. The van der Waals surface area contributed by atoms with Crippen molar-refractivity contribution >= 4 is 22.4 Å². The number of hydrogen-bond acceptors (Lipinski definition) is 2. The fourth-order valence-corrected chi connectivity index (χ4v) is 1.73. The van der Waals surface area contributed by atoms with Crippen LogP contribution in [0.2, 0.25) is 5.15 Å². The largest absolute Gasteiger partial charge is 0.326 e. The van der Waals surface area contributed by atoms with Gasteiger partial charge in [-0.3, -0.25) is 0 Å². The summed E-state index contributed by atoms with van der Waals surface area (Å²) in [5.74, 6) is 0. The van der Waals surface area contributed by atoms with Gasteiger partial charge in [0.05, 0.1) is 0 Å². The van der Waals surface area contributed by atoms with Crippen LogP contribution in [0.5, 0.6) is 0 Å². The molecule has 0 aliphatic rings. The fourth-order valence-electron chi connectivity index (χ4n) is 1.52. The minimum absolute atomic E-state index is 0.550. The second-order valence-electron chi connectivity index (χ2n) is 3.32. The van der Waals surface area contributed by atoms with Crippen LogP contribution < -0.4 is 5.73 Å². The van der Waals surface area contributed by atoms with E-state index in [2.05, 4.69) is 11.1 Å². The van der Waals surface area contributed by atoms with Crippen LogP contribution in [0.3, 0.4) is 0 Å². The topological polar surface area (TPSA) is 38.9 Å². The van der Waals surface area contributed by atoms with E-state index in [9.17, 15) is 0 Å². The molecule has 0 saturated heterocycles. The van der Waals surface area contributed by atoms with Gasteiger partial charge in [-0.2, -0.15) is 0 Å². The standard InChI is InChI=1S/C11H11ClN2/c1-7-6-14-11(12)9-3-2-8(5-13)4-10(7)9/h2-4,6H,5,13H2,1H3. The molecule has 0 atom stereocenters. The van der Waals surface area contributed by atoms with Gasteiger partial charge >= 0.3 is 0 Å². The molecule has 1 heterocycles. The quantitative estimate of drug-likeness (QED) is 0.729. The van der Waals surface area contributed by atoms with E-state index in [1.807, 2.05) is 19.1 Å². The lowest BCUT2D eigenvalue weighted by Gasteiger charge is -2.05. The molecule has 2 rings (SSSR count). The van der Waals surface area contributed by atoms with Crippen molar-refractivity contribution in [3.8, 4) is 0 Å². The van der Waals surface area contributed by atoms with E-state index in [-0.39, 0.29) is 0 Å². The van der Waals surface area contributed by atoms with Crippen LogP contribution >= 0.6 is 11.6 Å². The minimum Gasteiger partial charge on any atom is -0.326 e. The zero-order valence-corrected chi connectivity index (χ0v) is 8.67. The first-order valence-corrected chi connectivity index (χ1v) is 4.84. The normalized spacial score (nSPS) is 10.8. The number of rotatable bonds is 1. The Balaban J connectivity index is 2.80. The fraction of sp³-hybridized carbons (Fsp3) is 0.182. The van der Waals surface area contributed by atoms with Gasteiger partial charge in [0, 0.05) is 18.1 Å². The van der Waals surface area contributed by atoms with E-state index < -0.39 is 0 Å². The monoisotopic (exact) mass is 206 g/mol. The number of benzene rings is 1. The molecule has 0 radical (unpaired) electrons. The molecule has 0 amide bonds. The van der Waals surface area contributed by atoms with Crippen LogP contribution in [0.25, 0.3) is 10.8 Å². The average molecular weight is 207 g/mol. The number of pyridine rings is 1. The molecule has 1 aromatic heterocycles. The molecule has 0 bridgehead atoms. The highest BCUT2D eigenvalue weighted by atomic mass is 35.5. The van der Waals surface area contributed by atoms with Gasteiger partial charge in [-0.05, 0) is 29.5 Å². The van der Waals surface area contributed by atoms with Crippen molar-refractivity contribution in [2.75, 3.05) is 0 Å². The van der Waals surface area contributed by atoms with Crippen LogP contribution in [-0.4, -0.2) is 4.98 Å². The molecule has 0 fully saturated rings. The predicted octanol–water partition coefficient (Wildman–Crippen LogP) is 2.66. The third-order valence-electron chi connectivity index (χ3n) is 2.34. The summed E-state index contributed by atoms with van der Waals surface area (Å²) in [7, 11) is 0. The van der Waals surface area contributed by atoms with Crippen LogP contribution in [0.4, 0.5) is 0 Å². The molecule has 72 valence electrons. The van der Waals surface area contributed by atoms with Crippen LogP contribution in [0, 0.1) is 6.92 Å². The van der Waals surface area contributed by atoms with Crippen LogP contribution in [-0.2, 0) is 6.54 Å². The van der Waals surface area contributed by atoms with Gasteiger partial charge < -0.3 is 5.73 Å². The highest BCUT2D eigenvalue weighted by Gasteiger charge is 2.03. The number of nitrogens with zero attached hydrogens (tertiary/aromatic N) is 1. The molecule has 1 aromatic carbocycles. The summed E-state index contributed by atoms with van der Waals surface area (Å²) in [6.45, 7) is 2.57. The Morgan fingerprint density at radius 1 is 1.36 bits per heavy atom. The van der Waals surface area contributed by atoms with Crippen molar-refractivity contribution in [1.82, 2.24) is 4.98 Å². The Morgan fingerprint density at radius 2 is 2.14 bits per heavy atom. The average Bonchev–Trinajstić information content (AvgIpc) is 2.23. The number of nitrogens with two attached hydrogens (primary N) is 1. The van der Waals surface area contributed by atoms with E-state index >= 15 is 0 Å². The zero-order valence-electron chi connectivity index (χ0n) is 7.92. The highest BCUT2D eigenvalue weighted by Crippen LogP contribution is 2.24. The SMILES string of the molecule is Cc1cnc(Cl)c2ccc(CN)cc12. The molecule has 0 unspecified atom stereocenters. The molecule has 0 spiro atoms. The third-order valence-corrected chi connectivity index (χ3v) is 2.64. The number of fused-ring (bicyclic) bond motifs is 1. The summed E-state index contributed by atoms with van der Waals surface area (Å²) in [5.41, 5.74) is 7.82. The van der Waals surface area contributed by atoms with Crippen molar-refractivity contribution in [2.24, 2.45) is 5.73 Å². The van der Waals surface area contributed by atoms with Gasteiger partial charge in [-0.15, -0.1) is 0 Å². The van der Waals surface area contributed by atoms with Crippen LogP contribution in [0.1, 0.15) is 11.1 Å². The van der Waals surface area contributed by atoms with Crippen molar-refractivity contribution in [3.63, 3.8) is 0 Å². The van der Waals surface area contributed by atoms with E-state index in [1.165, 1.54) is 0 Å². The van der Waals surface area contributed by atoms with Gasteiger partial charge in [-0.25, -0.2) is 4.98 Å². The lowest BCUT2D eigenvalue weighted by Crippen LogP contribution is -1.96. The Kier molecular flexibility index (Phi) is 2.40. The zero-order chi connectivity index (χ0) is 10.1. The second-order valence-corrected chi connectivity index (χ2v) is 3.67. The number of halogens is 1. The molecule has 0 aliphatic heterocycles. The number of hydrogen-bond donors (Lipinski definition) is 1. The molecule has 14 heavy (non-hydrogen) atoms. The number of aryl methyl sites for hydroxylation is 1. The summed E-state index contributed by atoms with van der Waals surface area (Å²) in [5, 5.41) is 2.67. The first kappa shape index (κ1) is 9.44. The molecule has 2 nitrogen and oxygen atoms in total. The lowest BCUT2D eigenvalue weighted by atomic mass is 10.1. The van der Waals surface area contributed by atoms with Crippen molar-refractivity contribution in [2.45, 2.75) is 13.5 Å². The van der Waals surface area contributed by atoms with Crippen molar-refractivity contribution < 1.29 is 0 Å².